The Morgan fingerprint density at radius 2 is 1.65 bits per heavy atom. The van der Waals surface area contributed by atoms with Crippen molar-refractivity contribution < 1.29 is 27.2 Å². The molecule has 2 aromatic carbocycles. The molecule has 0 radical (unpaired) electrons. The second kappa shape index (κ2) is 6.62. The third kappa shape index (κ3) is 3.58. The van der Waals surface area contributed by atoms with E-state index in [1.165, 1.54) is 36.4 Å². The number of hydrogen-bond acceptors (Lipinski definition) is 2. The van der Waals surface area contributed by atoms with Gasteiger partial charge in [0.1, 0.15) is 11.5 Å². The van der Waals surface area contributed by atoms with Gasteiger partial charge in [0.05, 0.1) is 12.1 Å². The molecule has 0 aliphatic carbocycles. The van der Waals surface area contributed by atoms with Crippen LogP contribution in [0.15, 0.2) is 54.2 Å². The summed E-state index contributed by atoms with van der Waals surface area (Å²) in [6.07, 6.45) is -3.19. The molecular formula is C18H12F4N2O2. The minimum atomic E-state index is -4.46. The van der Waals surface area contributed by atoms with E-state index in [1.807, 2.05) is 0 Å². The summed E-state index contributed by atoms with van der Waals surface area (Å²) >= 11 is 0. The fourth-order valence-corrected chi connectivity index (χ4v) is 2.45. The van der Waals surface area contributed by atoms with Crippen molar-refractivity contribution in [2.75, 3.05) is 0 Å². The maximum Gasteiger partial charge on any atom is 0.416 e. The predicted molar refractivity (Wildman–Crippen MR) is 84.9 cm³/mol. The molecule has 1 heterocycles. The van der Waals surface area contributed by atoms with Crippen molar-refractivity contribution in [3.8, 4) is 0 Å². The van der Waals surface area contributed by atoms with Crippen LogP contribution in [0.4, 0.5) is 22.4 Å². The number of halogens is 4. The third-order valence-corrected chi connectivity index (χ3v) is 3.80. The number of carbonyl (C=O) groups is 2. The van der Waals surface area contributed by atoms with Crippen LogP contribution in [0.25, 0.3) is 6.08 Å². The summed E-state index contributed by atoms with van der Waals surface area (Å²) in [4.78, 5) is 25.1. The van der Waals surface area contributed by atoms with E-state index in [4.69, 9.17) is 0 Å². The van der Waals surface area contributed by atoms with Crippen molar-refractivity contribution >= 4 is 18.0 Å². The fourth-order valence-electron chi connectivity index (χ4n) is 2.45. The van der Waals surface area contributed by atoms with Gasteiger partial charge in [-0.2, -0.15) is 13.2 Å². The summed E-state index contributed by atoms with van der Waals surface area (Å²) in [5.74, 6) is -1.23. The van der Waals surface area contributed by atoms with Crippen LogP contribution in [0.5, 0.6) is 0 Å². The van der Waals surface area contributed by atoms with Crippen LogP contribution in [0.1, 0.15) is 16.7 Å². The number of nitrogens with one attached hydrogen (secondary N) is 1. The van der Waals surface area contributed by atoms with Crippen molar-refractivity contribution in [2.24, 2.45) is 0 Å². The van der Waals surface area contributed by atoms with E-state index in [0.29, 0.717) is 5.56 Å². The van der Waals surface area contributed by atoms with E-state index >= 15 is 0 Å². The van der Waals surface area contributed by atoms with Crippen LogP contribution in [0.2, 0.25) is 0 Å². The average Bonchev–Trinajstić information content (AvgIpc) is 2.84. The molecule has 2 aromatic rings. The molecule has 1 N–H and O–H groups in total. The van der Waals surface area contributed by atoms with Crippen LogP contribution in [-0.2, 0) is 17.5 Å². The lowest BCUT2D eigenvalue weighted by Crippen LogP contribution is -2.30. The zero-order valence-corrected chi connectivity index (χ0v) is 13.2. The standard InChI is InChI=1S/C18H12F4N2O2/c19-14-4-2-1-3-12(14)10-24-16(25)15(23-17(24)26)9-11-5-7-13(8-6-11)18(20,21)22/h1-9H,10H2,(H,23,26)/b15-9+. The molecule has 1 aliphatic rings. The number of carbonyl (C=O) groups excluding carboxylic acids is 2. The molecule has 1 saturated heterocycles. The first-order chi connectivity index (χ1) is 12.3. The zero-order chi connectivity index (χ0) is 18.9. The minimum absolute atomic E-state index is 0.0916. The van der Waals surface area contributed by atoms with Crippen LogP contribution in [0.3, 0.4) is 0 Å². The lowest BCUT2D eigenvalue weighted by atomic mass is 10.1. The molecule has 1 fully saturated rings. The summed E-state index contributed by atoms with van der Waals surface area (Å²) in [5.41, 5.74) is -0.421. The summed E-state index contributed by atoms with van der Waals surface area (Å²) in [6.45, 7) is -0.248. The summed E-state index contributed by atoms with van der Waals surface area (Å²) in [6, 6.07) is 9.15. The van der Waals surface area contributed by atoms with Gasteiger partial charge in [-0.25, -0.2) is 9.18 Å². The number of urea groups is 1. The van der Waals surface area contributed by atoms with Crippen molar-refractivity contribution in [2.45, 2.75) is 12.7 Å². The Morgan fingerprint density at radius 1 is 1.00 bits per heavy atom. The summed E-state index contributed by atoms with van der Waals surface area (Å²) in [7, 11) is 0. The maximum absolute atomic E-state index is 13.7. The van der Waals surface area contributed by atoms with Crippen LogP contribution in [0, 0.1) is 5.82 Å². The van der Waals surface area contributed by atoms with Gasteiger partial charge in [-0.3, -0.25) is 9.69 Å². The molecule has 0 aromatic heterocycles. The van der Waals surface area contributed by atoms with E-state index in [1.54, 1.807) is 6.07 Å². The van der Waals surface area contributed by atoms with Gasteiger partial charge in [-0.15, -0.1) is 0 Å². The highest BCUT2D eigenvalue weighted by molar-refractivity contribution is 6.13. The molecule has 3 amide bonds. The van der Waals surface area contributed by atoms with Gasteiger partial charge in [0, 0.05) is 5.56 Å². The van der Waals surface area contributed by atoms with Gasteiger partial charge in [0.25, 0.3) is 5.91 Å². The molecule has 26 heavy (non-hydrogen) atoms. The molecule has 0 spiro atoms. The molecular weight excluding hydrogens is 352 g/mol. The van der Waals surface area contributed by atoms with Gasteiger partial charge in [-0.1, -0.05) is 30.3 Å². The maximum atomic E-state index is 13.7. The van der Waals surface area contributed by atoms with Crippen molar-refractivity contribution in [1.82, 2.24) is 10.2 Å². The van der Waals surface area contributed by atoms with E-state index in [-0.39, 0.29) is 17.8 Å². The van der Waals surface area contributed by atoms with E-state index in [9.17, 15) is 27.2 Å². The second-order valence-corrected chi connectivity index (χ2v) is 5.59. The Balaban J connectivity index is 1.80. The number of hydrogen-bond donors (Lipinski definition) is 1. The predicted octanol–water partition coefficient (Wildman–Crippen LogP) is 3.94. The number of alkyl halides is 3. The zero-order valence-electron chi connectivity index (χ0n) is 13.2. The Morgan fingerprint density at radius 3 is 2.27 bits per heavy atom. The topological polar surface area (TPSA) is 49.4 Å². The second-order valence-electron chi connectivity index (χ2n) is 5.59. The summed E-state index contributed by atoms with van der Waals surface area (Å²) in [5, 5.41) is 2.34. The van der Waals surface area contributed by atoms with Gasteiger partial charge < -0.3 is 5.32 Å². The van der Waals surface area contributed by atoms with Crippen LogP contribution < -0.4 is 5.32 Å². The average molecular weight is 364 g/mol. The number of rotatable bonds is 3. The monoisotopic (exact) mass is 364 g/mol. The first kappa shape index (κ1) is 17.7. The fraction of sp³-hybridized carbons (Fsp3) is 0.111. The van der Waals surface area contributed by atoms with Crippen LogP contribution >= 0.6 is 0 Å². The molecule has 0 atom stereocenters. The molecule has 0 unspecified atom stereocenters. The largest absolute Gasteiger partial charge is 0.416 e. The molecule has 4 nitrogen and oxygen atoms in total. The minimum Gasteiger partial charge on any atom is -0.303 e. The SMILES string of the molecule is O=C1N/C(=C/c2ccc(C(F)(F)F)cc2)C(=O)N1Cc1ccccc1F. The summed E-state index contributed by atoms with van der Waals surface area (Å²) < 4.78 is 51.4. The Labute approximate surface area is 145 Å². The first-order valence-corrected chi connectivity index (χ1v) is 7.51. The van der Waals surface area contributed by atoms with E-state index < -0.39 is 29.5 Å². The van der Waals surface area contributed by atoms with Crippen molar-refractivity contribution in [1.29, 1.82) is 0 Å². The molecule has 134 valence electrons. The lowest BCUT2D eigenvalue weighted by molar-refractivity contribution is -0.137. The Bertz CT molecular complexity index is 889. The number of amides is 3. The van der Waals surface area contributed by atoms with Gasteiger partial charge in [0.15, 0.2) is 0 Å². The lowest BCUT2D eigenvalue weighted by Gasteiger charge is -2.12. The third-order valence-electron chi connectivity index (χ3n) is 3.80. The van der Waals surface area contributed by atoms with Crippen molar-refractivity contribution in [3.05, 3.63) is 76.7 Å². The highest BCUT2D eigenvalue weighted by Gasteiger charge is 2.34. The Hall–Kier alpha value is -3.16. The van der Waals surface area contributed by atoms with E-state index in [2.05, 4.69) is 5.32 Å². The highest BCUT2D eigenvalue weighted by Crippen LogP contribution is 2.29. The quantitative estimate of drug-likeness (QED) is 0.510. The van der Waals surface area contributed by atoms with Gasteiger partial charge >= 0.3 is 12.2 Å². The molecule has 0 bridgehead atoms. The number of nitrogens with zero attached hydrogens (tertiary/aromatic N) is 1. The molecule has 1 aliphatic heterocycles. The number of benzene rings is 2. The molecule has 3 rings (SSSR count). The highest BCUT2D eigenvalue weighted by atomic mass is 19.4. The van der Waals surface area contributed by atoms with Crippen LogP contribution in [-0.4, -0.2) is 16.8 Å². The Kier molecular flexibility index (Phi) is 4.50. The number of imide groups is 1. The first-order valence-electron chi connectivity index (χ1n) is 7.51. The smallest absolute Gasteiger partial charge is 0.303 e. The normalized spacial score (nSPS) is 16.3. The molecule has 8 heteroatoms. The van der Waals surface area contributed by atoms with Crippen molar-refractivity contribution in [3.63, 3.8) is 0 Å². The van der Waals surface area contributed by atoms with Gasteiger partial charge in [-0.05, 0) is 29.8 Å². The van der Waals surface area contributed by atoms with Gasteiger partial charge in [0.2, 0.25) is 0 Å². The van der Waals surface area contributed by atoms with E-state index in [0.717, 1.165) is 17.0 Å². The molecule has 0 saturated carbocycles.